The van der Waals surface area contributed by atoms with Gasteiger partial charge in [0.2, 0.25) is 5.91 Å². The average Bonchev–Trinajstić information content (AvgIpc) is 2.50. The highest BCUT2D eigenvalue weighted by Crippen LogP contribution is 2.24. The molecule has 1 aliphatic rings. The molecule has 14 heavy (non-hydrogen) atoms. The first-order valence-corrected chi connectivity index (χ1v) is 4.88. The van der Waals surface area contributed by atoms with Gasteiger partial charge >= 0.3 is 5.97 Å². The third kappa shape index (κ3) is 1.89. The first-order valence-electron chi connectivity index (χ1n) is 4.88. The van der Waals surface area contributed by atoms with Crippen LogP contribution in [0, 0.1) is 11.3 Å². The normalized spacial score (nSPS) is 22.5. The Morgan fingerprint density at radius 2 is 2.00 bits per heavy atom. The highest BCUT2D eigenvalue weighted by Gasteiger charge is 2.40. The van der Waals surface area contributed by atoms with E-state index in [0.717, 1.165) is 6.42 Å². The van der Waals surface area contributed by atoms with Gasteiger partial charge in [-0.1, -0.05) is 6.92 Å². The van der Waals surface area contributed by atoms with Crippen LogP contribution in [-0.2, 0) is 9.59 Å². The van der Waals surface area contributed by atoms with Crippen LogP contribution in [0.2, 0.25) is 0 Å². The molecule has 4 nitrogen and oxygen atoms in total. The lowest BCUT2D eigenvalue weighted by Gasteiger charge is -2.25. The number of carboxylic acids is 1. The summed E-state index contributed by atoms with van der Waals surface area (Å²) >= 11 is 0. The van der Waals surface area contributed by atoms with Gasteiger partial charge in [-0.25, -0.2) is 0 Å². The van der Waals surface area contributed by atoms with Crippen molar-refractivity contribution in [1.82, 2.24) is 4.90 Å². The third-order valence-corrected chi connectivity index (χ3v) is 2.78. The molecule has 1 rings (SSSR count). The molecule has 0 spiro atoms. The smallest absolute Gasteiger partial charge is 0.318 e. The molecule has 1 aliphatic heterocycles. The fourth-order valence-electron chi connectivity index (χ4n) is 1.61. The van der Waals surface area contributed by atoms with E-state index in [1.165, 1.54) is 13.8 Å². The standard InChI is InChI=1S/C10H17NO3/c1-7-4-5-11(6-7)8(12)10(2,3)9(13)14/h7H,4-6H2,1-3H3,(H,13,14). The van der Waals surface area contributed by atoms with Crippen molar-refractivity contribution < 1.29 is 14.7 Å². The summed E-state index contributed by atoms with van der Waals surface area (Å²) in [6.07, 6.45) is 0.974. The first kappa shape index (κ1) is 11.0. The van der Waals surface area contributed by atoms with Crippen molar-refractivity contribution in [1.29, 1.82) is 0 Å². The molecule has 0 aromatic heterocycles. The molecule has 0 aromatic carbocycles. The van der Waals surface area contributed by atoms with Gasteiger partial charge in [0.15, 0.2) is 0 Å². The van der Waals surface area contributed by atoms with Gasteiger partial charge in [0, 0.05) is 13.1 Å². The Hall–Kier alpha value is -1.06. The first-order chi connectivity index (χ1) is 6.35. The SMILES string of the molecule is CC1CCN(C(=O)C(C)(C)C(=O)O)C1. The van der Waals surface area contributed by atoms with Gasteiger partial charge in [-0.05, 0) is 26.2 Å². The van der Waals surface area contributed by atoms with Gasteiger partial charge in [-0.15, -0.1) is 0 Å². The molecule has 1 heterocycles. The fourth-order valence-corrected chi connectivity index (χ4v) is 1.61. The van der Waals surface area contributed by atoms with E-state index in [2.05, 4.69) is 6.92 Å². The van der Waals surface area contributed by atoms with Crippen LogP contribution in [0.25, 0.3) is 0 Å². The molecule has 1 saturated heterocycles. The number of carbonyl (C=O) groups is 2. The van der Waals surface area contributed by atoms with Crippen molar-refractivity contribution in [2.75, 3.05) is 13.1 Å². The summed E-state index contributed by atoms with van der Waals surface area (Å²) in [5, 5.41) is 8.89. The van der Waals surface area contributed by atoms with E-state index < -0.39 is 11.4 Å². The van der Waals surface area contributed by atoms with E-state index in [-0.39, 0.29) is 5.91 Å². The Morgan fingerprint density at radius 1 is 1.43 bits per heavy atom. The van der Waals surface area contributed by atoms with Crippen LogP contribution in [0.3, 0.4) is 0 Å². The summed E-state index contributed by atoms with van der Waals surface area (Å²) in [5.41, 5.74) is -1.29. The monoisotopic (exact) mass is 199 g/mol. The van der Waals surface area contributed by atoms with Crippen molar-refractivity contribution in [2.24, 2.45) is 11.3 Å². The van der Waals surface area contributed by atoms with E-state index in [0.29, 0.717) is 19.0 Å². The Balaban J connectivity index is 2.70. The molecule has 0 radical (unpaired) electrons. The minimum Gasteiger partial charge on any atom is -0.480 e. The lowest BCUT2D eigenvalue weighted by Crippen LogP contribution is -2.44. The predicted molar refractivity (Wildman–Crippen MR) is 51.8 cm³/mol. The molecule has 4 heteroatoms. The minimum absolute atomic E-state index is 0.269. The summed E-state index contributed by atoms with van der Waals surface area (Å²) in [5.74, 6) is -0.833. The fraction of sp³-hybridized carbons (Fsp3) is 0.800. The Labute approximate surface area is 83.9 Å². The van der Waals surface area contributed by atoms with Crippen molar-refractivity contribution in [3.63, 3.8) is 0 Å². The molecule has 1 fully saturated rings. The van der Waals surface area contributed by atoms with Crippen LogP contribution in [0.15, 0.2) is 0 Å². The van der Waals surface area contributed by atoms with Crippen LogP contribution < -0.4 is 0 Å². The van der Waals surface area contributed by atoms with Gasteiger partial charge in [0.25, 0.3) is 0 Å². The summed E-state index contributed by atoms with van der Waals surface area (Å²) in [6.45, 7) is 6.37. The number of hydrogen-bond acceptors (Lipinski definition) is 2. The second-order valence-corrected chi connectivity index (χ2v) is 4.58. The summed E-state index contributed by atoms with van der Waals surface area (Å²) < 4.78 is 0. The molecular weight excluding hydrogens is 182 g/mol. The zero-order chi connectivity index (χ0) is 10.9. The van der Waals surface area contributed by atoms with Crippen LogP contribution in [-0.4, -0.2) is 35.0 Å². The van der Waals surface area contributed by atoms with Gasteiger partial charge in [0.1, 0.15) is 5.41 Å². The van der Waals surface area contributed by atoms with E-state index in [1.807, 2.05) is 0 Å². The zero-order valence-corrected chi connectivity index (χ0v) is 8.91. The van der Waals surface area contributed by atoms with Crippen molar-refractivity contribution >= 4 is 11.9 Å². The van der Waals surface area contributed by atoms with Crippen molar-refractivity contribution in [3.8, 4) is 0 Å². The lowest BCUT2D eigenvalue weighted by atomic mass is 9.92. The highest BCUT2D eigenvalue weighted by atomic mass is 16.4. The predicted octanol–water partition coefficient (Wildman–Crippen LogP) is 0.966. The van der Waals surface area contributed by atoms with Gasteiger partial charge < -0.3 is 10.0 Å². The topological polar surface area (TPSA) is 57.6 Å². The van der Waals surface area contributed by atoms with Crippen molar-refractivity contribution in [2.45, 2.75) is 27.2 Å². The number of carbonyl (C=O) groups excluding carboxylic acids is 1. The number of hydrogen-bond donors (Lipinski definition) is 1. The number of rotatable bonds is 2. The number of likely N-dealkylation sites (tertiary alicyclic amines) is 1. The second kappa shape index (κ2) is 3.59. The maximum atomic E-state index is 11.8. The quantitative estimate of drug-likeness (QED) is 0.674. The third-order valence-electron chi connectivity index (χ3n) is 2.78. The zero-order valence-electron chi connectivity index (χ0n) is 8.91. The van der Waals surface area contributed by atoms with Gasteiger partial charge in [-0.3, -0.25) is 9.59 Å². The second-order valence-electron chi connectivity index (χ2n) is 4.58. The largest absolute Gasteiger partial charge is 0.480 e. The molecule has 0 bridgehead atoms. The average molecular weight is 199 g/mol. The van der Waals surface area contributed by atoms with Crippen LogP contribution in [0.4, 0.5) is 0 Å². The molecular formula is C10H17NO3. The van der Waals surface area contributed by atoms with Crippen LogP contribution >= 0.6 is 0 Å². The summed E-state index contributed by atoms with van der Waals surface area (Å²) in [4.78, 5) is 24.3. The van der Waals surface area contributed by atoms with Crippen LogP contribution in [0.5, 0.6) is 0 Å². The Morgan fingerprint density at radius 3 is 2.36 bits per heavy atom. The van der Waals surface area contributed by atoms with E-state index >= 15 is 0 Å². The number of nitrogens with zero attached hydrogens (tertiary/aromatic N) is 1. The number of amides is 1. The molecule has 0 saturated carbocycles. The lowest BCUT2D eigenvalue weighted by molar-refractivity contribution is -0.157. The number of aliphatic carboxylic acids is 1. The molecule has 0 aliphatic carbocycles. The number of carboxylic acid groups (broad SMARTS) is 1. The summed E-state index contributed by atoms with van der Waals surface area (Å²) in [7, 11) is 0. The van der Waals surface area contributed by atoms with Gasteiger partial charge in [0.05, 0.1) is 0 Å². The minimum atomic E-state index is -1.29. The summed E-state index contributed by atoms with van der Waals surface area (Å²) in [6, 6.07) is 0. The molecule has 1 unspecified atom stereocenters. The maximum absolute atomic E-state index is 11.8. The van der Waals surface area contributed by atoms with Gasteiger partial charge in [-0.2, -0.15) is 0 Å². The van der Waals surface area contributed by atoms with E-state index in [9.17, 15) is 9.59 Å². The van der Waals surface area contributed by atoms with E-state index in [4.69, 9.17) is 5.11 Å². The Bertz CT molecular complexity index is 260. The molecule has 0 aromatic rings. The molecule has 1 amide bonds. The van der Waals surface area contributed by atoms with E-state index in [1.54, 1.807) is 4.90 Å². The maximum Gasteiger partial charge on any atom is 0.318 e. The highest BCUT2D eigenvalue weighted by molar-refractivity contribution is 6.01. The molecule has 80 valence electrons. The molecule has 1 N–H and O–H groups in total. The Kier molecular flexibility index (Phi) is 2.83. The molecule has 1 atom stereocenters. The van der Waals surface area contributed by atoms with Crippen molar-refractivity contribution in [3.05, 3.63) is 0 Å². The van der Waals surface area contributed by atoms with Crippen LogP contribution in [0.1, 0.15) is 27.2 Å².